The minimum atomic E-state index is -0.307. The number of carbonyl (C=O) groups is 1. The molecule has 0 atom stereocenters. The van der Waals surface area contributed by atoms with Crippen LogP contribution in [0.2, 0.25) is 5.02 Å². The summed E-state index contributed by atoms with van der Waals surface area (Å²) in [7, 11) is 0. The molecule has 1 N–H and O–H groups in total. The Kier molecular flexibility index (Phi) is 7.24. The van der Waals surface area contributed by atoms with Crippen molar-refractivity contribution in [2.24, 2.45) is 22.2 Å². The highest BCUT2D eigenvalue weighted by Crippen LogP contribution is 2.59. The van der Waals surface area contributed by atoms with Crippen molar-refractivity contribution in [1.82, 2.24) is 20.1 Å². The molecule has 2 aliphatic carbocycles. The van der Waals surface area contributed by atoms with Crippen molar-refractivity contribution in [2.45, 2.75) is 84.5 Å². The lowest BCUT2D eigenvalue weighted by molar-refractivity contribution is -0.199. The van der Waals surface area contributed by atoms with Gasteiger partial charge < -0.3 is 15.0 Å². The molecule has 0 unspecified atom stereocenters. The highest BCUT2D eigenvalue weighted by Gasteiger charge is 2.67. The van der Waals surface area contributed by atoms with E-state index in [-0.39, 0.29) is 28.9 Å². The van der Waals surface area contributed by atoms with Gasteiger partial charge in [0.05, 0.1) is 29.4 Å². The van der Waals surface area contributed by atoms with Crippen molar-refractivity contribution >= 4 is 23.2 Å². The van der Waals surface area contributed by atoms with E-state index in [9.17, 15) is 4.79 Å². The Morgan fingerprint density at radius 3 is 2.48 bits per heavy atom. The van der Waals surface area contributed by atoms with Gasteiger partial charge in [0.15, 0.2) is 0 Å². The van der Waals surface area contributed by atoms with Gasteiger partial charge in [0.1, 0.15) is 17.5 Å². The maximum Gasteiger partial charge on any atom is 0.256 e. The molecule has 0 radical (unpaired) electrons. The highest BCUT2D eigenvalue weighted by atomic mass is 35.5. The van der Waals surface area contributed by atoms with Crippen molar-refractivity contribution in [3.8, 4) is 17.6 Å². The van der Waals surface area contributed by atoms with Gasteiger partial charge in [0.25, 0.3) is 5.91 Å². The standard InChI is InChI=1S/C36H42ClN5O2/c1-34(2)32(35(3,4)33(34)44-26-13-15-29(38-5)28(37)18-26)42-19-30-27(31(42)43)14-10-24(40-30)9-6-23-7-11-25(12-8-23)41-17-16-36(22-41)20-39-21-36/h10,13-15,18,23,25,32-33,39H,7-8,11-12,16-17,19-22H2,1-4H3. The summed E-state index contributed by atoms with van der Waals surface area (Å²) in [4.78, 5) is 26.7. The van der Waals surface area contributed by atoms with E-state index in [1.54, 1.807) is 18.2 Å². The molecule has 1 spiro atoms. The second kappa shape index (κ2) is 10.8. The molecule has 7 nitrogen and oxygen atoms in total. The average Bonchev–Trinajstić information content (AvgIpc) is 3.57. The summed E-state index contributed by atoms with van der Waals surface area (Å²) in [6.45, 7) is 21.3. The zero-order valence-corrected chi connectivity index (χ0v) is 27.0. The van der Waals surface area contributed by atoms with Crippen LogP contribution in [0.3, 0.4) is 0 Å². The van der Waals surface area contributed by atoms with Crippen LogP contribution >= 0.6 is 11.6 Å². The molecule has 1 amide bonds. The third-order valence-corrected chi connectivity index (χ3v) is 11.5. The van der Waals surface area contributed by atoms with Gasteiger partial charge in [0.2, 0.25) is 5.69 Å². The van der Waals surface area contributed by atoms with Crippen LogP contribution in [0, 0.1) is 40.6 Å². The molecule has 230 valence electrons. The number of fused-ring (bicyclic) bond motifs is 1. The van der Waals surface area contributed by atoms with Gasteiger partial charge >= 0.3 is 0 Å². The largest absolute Gasteiger partial charge is 0.489 e. The number of benzene rings is 1. The summed E-state index contributed by atoms with van der Waals surface area (Å²) in [6, 6.07) is 9.70. The SMILES string of the molecule is [C-]#[N+]c1ccc(OC2C(C)(C)C(N3Cc4nc(C#CC5CCC(N6CCC7(CNC7)C6)CC5)ccc4C3=O)C2(C)C)cc1Cl. The number of halogens is 1. The number of rotatable bonds is 4. The number of carbonyl (C=O) groups excluding carboxylic acids is 1. The molecule has 0 bridgehead atoms. The second-order valence-corrected chi connectivity index (χ2v) is 15.4. The number of hydrogen-bond acceptors (Lipinski definition) is 5. The van der Waals surface area contributed by atoms with Gasteiger partial charge in [-0.3, -0.25) is 9.69 Å². The van der Waals surface area contributed by atoms with Gasteiger partial charge in [-0.05, 0) is 68.8 Å². The quantitative estimate of drug-likeness (QED) is 0.323. The molecular formula is C36H42ClN5O2. The molecule has 2 saturated heterocycles. The molecule has 4 fully saturated rings. The van der Waals surface area contributed by atoms with Crippen molar-refractivity contribution in [3.63, 3.8) is 0 Å². The molecular weight excluding hydrogens is 570 g/mol. The summed E-state index contributed by atoms with van der Waals surface area (Å²) in [6.07, 6.45) is 5.99. The summed E-state index contributed by atoms with van der Waals surface area (Å²) >= 11 is 6.28. The maximum absolute atomic E-state index is 13.7. The first kappa shape index (κ1) is 29.6. The normalized spacial score (nSPS) is 29.6. The first-order chi connectivity index (χ1) is 21.0. The van der Waals surface area contributed by atoms with Crippen LogP contribution in [0.15, 0.2) is 30.3 Å². The lowest BCUT2D eigenvalue weighted by Crippen LogP contribution is -2.74. The van der Waals surface area contributed by atoms with Crippen molar-refractivity contribution < 1.29 is 9.53 Å². The summed E-state index contributed by atoms with van der Waals surface area (Å²) < 4.78 is 6.46. The van der Waals surface area contributed by atoms with Gasteiger partial charge in [-0.1, -0.05) is 51.3 Å². The number of pyridine rings is 1. The van der Waals surface area contributed by atoms with E-state index >= 15 is 0 Å². The van der Waals surface area contributed by atoms with Gasteiger partial charge in [0, 0.05) is 53.9 Å². The van der Waals surface area contributed by atoms with Crippen LogP contribution in [-0.2, 0) is 6.54 Å². The Morgan fingerprint density at radius 2 is 1.84 bits per heavy atom. The minimum absolute atomic E-state index is 0.0285. The first-order valence-corrected chi connectivity index (χ1v) is 16.5. The predicted molar refractivity (Wildman–Crippen MR) is 172 cm³/mol. The molecule has 5 aliphatic rings. The first-order valence-electron chi connectivity index (χ1n) is 16.1. The fourth-order valence-corrected chi connectivity index (χ4v) is 9.51. The fourth-order valence-electron chi connectivity index (χ4n) is 9.30. The van der Waals surface area contributed by atoms with E-state index in [0.717, 1.165) is 30.3 Å². The van der Waals surface area contributed by atoms with Crippen LogP contribution in [0.5, 0.6) is 5.75 Å². The number of hydrogen-bond donors (Lipinski definition) is 1. The fraction of sp³-hybridized carbons (Fsp3) is 0.583. The molecule has 3 aliphatic heterocycles. The third-order valence-electron chi connectivity index (χ3n) is 11.2. The third kappa shape index (κ3) is 4.89. The topological polar surface area (TPSA) is 62.1 Å². The Bertz CT molecular complexity index is 1570. The molecule has 8 heteroatoms. The maximum atomic E-state index is 13.7. The molecule has 4 heterocycles. The molecule has 44 heavy (non-hydrogen) atoms. The Labute approximate surface area is 266 Å². The molecule has 2 aromatic rings. The number of nitrogens with zero attached hydrogens (tertiary/aromatic N) is 4. The smallest absolute Gasteiger partial charge is 0.256 e. The zero-order valence-electron chi connectivity index (χ0n) is 26.3. The average molecular weight is 612 g/mol. The molecule has 2 saturated carbocycles. The number of nitrogens with one attached hydrogen (secondary N) is 1. The second-order valence-electron chi connectivity index (χ2n) is 15.0. The summed E-state index contributed by atoms with van der Waals surface area (Å²) in [5.41, 5.74) is 2.61. The highest BCUT2D eigenvalue weighted by molar-refractivity contribution is 6.33. The van der Waals surface area contributed by atoms with Gasteiger partial charge in [-0.25, -0.2) is 9.83 Å². The van der Waals surface area contributed by atoms with E-state index in [0.29, 0.717) is 39.9 Å². The van der Waals surface area contributed by atoms with Crippen LogP contribution in [-0.4, -0.2) is 65.1 Å². The van der Waals surface area contributed by atoms with E-state index in [4.69, 9.17) is 27.9 Å². The number of amides is 1. The number of ether oxygens (including phenoxy) is 1. The molecule has 1 aromatic carbocycles. The number of aromatic nitrogens is 1. The summed E-state index contributed by atoms with van der Waals surface area (Å²) in [5.74, 6) is 7.98. The Balaban J connectivity index is 0.988. The van der Waals surface area contributed by atoms with E-state index in [1.807, 2.05) is 17.0 Å². The Morgan fingerprint density at radius 1 is 1.09 bits per heavy atom. The van der Waals surface area contributed by atoms with Crippen LogP contribution in [0.4, 0.5) is 5.69 Å². The van der Waals surface area contributed by atoms with E-state index in [2.05, 4.69) is 54.6 Å². The Hall–Kier alpha value is -3.10. The molecule has 7 rings (SSSR count). The van der Waals surface area contributed by atoms with Crippen LogP contribution < -0.4 is 10.1 Å². The molecule has 1 aromatic heterocycles. The van der Waals surface area contributed by atoms with E-state index in [1.165, 1.54) is 45.4 Å². The minimum Gasteiger partial charge on any atom is -0.489 e. The van der Waals surface area contributed by atoms with Crippen molar-refractivity contribution in [2.75, 3.05) is 26.2 Å². The summed E-state index contributed by atoms with van der Waals surface area (Å²) in [5, 5.41) is 3.85. The van der Waals surface area contributed by atoms with Crippen molar-refractivity contribution in [1.29, 1.82) is 0 Å². The van der Waals surface area contributed by atoms with Crippen LogP contribution in [0.1, 0.15) is 81.5 Å². The lowest BCUT2D eigenvalue weighted by atomic mass is 9.49. The number of likely N-dealkylation sites (tertiary alicyclic amines) is 1. The monoisotopic (exact) mass is 611 g/mol. The van der Waals surface area contributed by atoms with Crippen molar-refractivity contribution in [3.05, 3.63) is 63.7 Å². The van der Waals surface area contributed by atoms with Gasteiger partial charge in [-0.2, -0.15) is 0 Å². The van der Waals surface area contributed by atoms with Gasteiger partial charge in [-0.15, -0.1) is 0 Å². The predicted octanol–water partition coefficient (Wildman–Crippen LogP) is 6.33. The lowest BCUT2D eigenvalue weighted by Gasteiger charge is -2.65. The van der Waals surface area contributed by atoms with Crippen LogP contribution in [0.25, 0.3) is 4.85 Å². The zero-order chi connectivity index (χ0) is 30.9. The van der Waals surface area contributed by atoms with E-state index < -0.39 is 0 Å².